The molecule has 1 unspecified atom stereocenters. The maximum atomic E-state index is 13.2. The molecule has 34 heavy (non-hydrogen) atoms. The number of aryl methyl sites for hydroxylation is 1. The zero-order valence-electron chi connectivity index (χ0n) is 18.7. The molecule has 0 fully saturated rings. The Balaban J connectivity index is 1.36. The largest absolute Gasteiger partial charge is 0.494 e. The van der Waals surface area contributed by atoms with E-state index in [9.17, 15) is 8.78 Å². The molecule has 3 heterocycles. The van der Waals surface area contributed by atoms with E-state index in [1.807, 2.05) is 31.2 Å². The summed E-state index contributed by atoms with van der Waals surface area (Å²) in [4.78, 5) is 4.59. The molecule has 0 spiro atoms. The molecule has 0 aliphatic carbocycles. The lowest BCUT2D eigenvalue weighted by atomic mass is 10.2. The molecule has 4 rings (SSSR count). The number of hydrogen-bond acceptors (Lipinski definition) is 9. The lowest BCUT2D eigenvalue weighted by Crippen LogP contribution is -2.04. The maximum Gasteiger partial charge on any atom is 0.282 e. The minimum Gasteiger partial charge on any atom is -0.494 e. The summed E-state index contributed by atoms with van der Waals surface area (Å²) in [5.74, 6) is 2.17. The van der Waals surface area contributed by atoms with E-state index >= 15 is 0 Å². The summed E-state index contributed by atoms with van der Waals surface area (Å²) in [6.07, 6.45) is -0.419. The first kappa shape index (κ1) is 24.2. The molecule has 0 aliphatic rings. The fourth-order valence-corrected chi connectivity index (χ4v) is 5.05. The van der Waals surface area contributed by atoms with Gasteiger partial charge in [-0.1, -0.05) is 30.4 Å². The van der Waals surface area contributed by atoms with Gasteiger partial charge in [-0.3, -0.25) is 9.78 Å². The number of benzene rings is 1. The molecule has 3 aromatic heterocycles. The number of rotatable bonds is 11. The van der Waals surface area contributed by atoms with Gasteiger partial charge in [0.15, 0.2) is 5.82 Å². The average molecular weight is 508 g/mol. The Morgan fingerprint density at radius 1 is 1.18 bits per heavy atom. The van der Waals surface area contributed by atoms with Crippen molar-refractivity contribution in [2.45, 2.75) is 42.3 Å². The minimum absolute atomic E-state index is 0.0283. The van der Waals surface area contributed by atoms with Crippen molar-refractivity contribution in [1.29, 1.82) is 0 Å². The Bertz CT molecular complexity index is 1210. The average Bonchev–Trinajstić information content (AvgIpc) is 3.57. The molecule has 0 saturated carbocycles. The highest BCUT2D eigenvalue weighted by Crippen LogP contribution is 2.33. The number of aromatic nitrogens is 7. The Morgan fingerprint density at radius 2 is 1.97 bits per heavy atom. The number of ether oxygens (including phenoxy) is 1. The number of halogens is 2. The third-order valence-electron chi connectivity index (χ3n) is 4.72. The number of nitrogens with one attached hydrogen (secondary N) is 1. The topological polar surface area (TPSA) is 108 Å². The zero-order valence-corrected chi connectivity index (χ0v) is 20.4. The summed E-state index contributed by atoms with van der Waals surface area (Å²) in [5, 5.41) is 20.1. The van der Waals surface area contributed by atoms with Crippen LogP contribution in [0, 0.1) is 0 Å². The molecule has 13 heteroatoms. The second-order valence-electron chi connectivity index (χ2n) is 7.16. The summed E-state index contributed by atoms with van der Waals surface area (Å²) in [5.41, 5.74) is 0.681. The lowest BCUT2D eigenvalue weighted by Gasteiger charge is -2.09. The van der Waals surface area contributed by atoms with E-state index in [-0.39, 0.29) is 22.4 Å². The summed E-state index contributed by atoms with van der Waals surface area (Å²) >= 11 is 2.91. The van der Waals surface area contributed by atoms with Gasteiger partial charge >= 0.3 is 0 Å². The van der Waals surface area contributed by atoms with E-state index in [0.717, 1.165) is 17.7 Å². The molecule has 180 valence electrons. The fourth-order valence-electron chi connectivity index (χ4n) is 3.06. The zero-order chi connectivity index (χ0) is 24.1. The third kappa shape index (κ3) is 5.76. The highest BCUT2D eigenvalue weighted by atomic mass is 32.2. The van der Waals surface area contributed by atoms with Crippen LogP contribution in [-0.2, 0) is 7.05 Å². The number of alkyl halides is 2. The van der Waals surface area contributed by atoms with Crippen LogP contribution in [0.5, 0.6) is 5.75 Å². The summed E-state index contributed by atoms with van der Waals surface area (Å²) in [6.45, 7) is 4.63. The highest BCUT2D eigenvalue weighted by molar-refractivity contribution is 8.03. The van der Waals surface area contributed by atoms with Crippen LogP contribution in [0.25, 0.3) is 22.8 Å². The van der Waals surface area contributed by atoms with Crippen molar-refractivity contribution in [1.82, 2.24) is 35.2 Å². The van der Waals surface area contributed by atoms with Crippen LogP contribution in [-0.4, -0.2) is 52.8 Å². The van der Waals surface area contributed by atoms with Gasteiger partial charge in [0.1, 0.15) is 11.4 Å². The number of nitrogens with zero attached hydrogens (tertiary/aromatic N) is 6. The van der Waals surface area contributed by atoms with Crippen LogP contribution >= 0.6 is 23.5 Å². The first-order valence-corrected chi connectivity index (χ1v) is 12.4. The maximum absolute atomic E-state index is 13.2. The van der Waals surface area contributed by atoms with Gasteiger partial charge < -0.3 is 9.15 Å². The molecule has 0 amide bonds. The molecule has 0 radical (unpaired) electrons. The van der Waals surface area contributed by atoms with Gasteiger partial charge in [0, 0.05) is 29.8 Å². The van der Waals surface area contributed by atoms with Crippen LogP contribution in [0.3, 0.4) is 0 Å². The standard InChI is InChI=1S/C21H23F2N7O2S2/c1-4-14(34-20-24-18(25-27-20)12-6-8-13(9-7-12)31-5-2)11-33-21-28-26-19(32-21)15-10-30(3)29-16(15)17(22)23/h6-10,14,17H,4-5,11H2,1-3H3,(H,24,25,27). The number of H-pyrrole nitrogens is 1. The molecule has 0 saturated heterocycles. The number of hydrogen-bond donors (Lipinski definition) is 1. The quantitative estimate of drug-likeness (QED) is 0.272. The number of thioether (sulfide) groups is 2. The van der Waals surface area contributed by atoms with Gasteiger partial charge in [-0.2, -0.15) is 5.10 Å². The molecular weight excluding hydrogens is 484 g/mol. The minimum atomic E-state index is -2.73. The molecule has 0 bridgehead atoms. The first-order chi connectivity index (χ1) is 16.5. The summed E-state index contributed by atoms with van der Waals surface area (Å²) in [7, 11) is 1.56. The Kier molecular flexibility index (Phi) is 7.83. The van der Waals surface area contributed by atoms with Crippen LogP contribution < -0.4 is 4.74 Å². The summed E-state index contributed by atoms with van der Waals surface area (Å²) in [6, 6.07) is 7.66. The van der Waals surface area contributed by atoms with Crippen molar-refractivity contribution in [2.24, 2.45) is 7.05 Å². The van der Waals surface area contributed by atoms with Crippen molar-refractivity contribution < 1.29 is 17.9 Å². The second kappa shape index (κ2) is 11.0. The van der Waals surface area contributed by atoms with E-state index in [0.29, 0.717) is 28.6 Å². The normalized spacial score (nSPS) is 12.4. The molecule has 1 N–H and O–H groups in total. The van der Waals surface area contributed by atoms with Crippen LogP contribution in [0.1, 0.15) is 32.4 Å². The molecule has 0 aliphatic heterocycles. The molecular formula is C21H23F2N7O2S2. The second-order valence-corrected chi connectivity index (χ2v) is 9.40. The van der Waals surface area contributed by atoms with Crippen LogP contribution in [0.15, 0.2) is 45.3 Å². The molecule has 9 nitrogen and oxygen atoms in total. The van der Waals surface area contributed by atoms with Gasteiger partial charge in [-0.25, -0.2) is 13.8 Å². The van der Waals surface area contributed by atoms with Crippen molar-refractivity contribution >= 4 is 23.5 Å². The Labute approximate surface area is 203 Å². The van der Waals surface area contributed by atoms with Crippen molar-refractivity contribution in [3.8, 4) is 28.6 Å². The summed E-state index contributed by atoms with van der Waals surface area (Å²) < 4.78 is 38.8. The van der Waals surface area contributed by atoms with Gasteiger partial charge in [0.05, 0.1) is 12.2 Å². The van der Waals surface area contributed by atoms with Crippen molar-refractivity contribution in [3.05, 3.63) is 36.2 Å². The van der Waals surface area contributed by atoms with Crippen molar-refractivity contribution in [2.75, 3.05) is 12.4 Å². The first-order valence-electron chi connectivity index (χ1n) is 10.6. The Morgan fingerprint density at radius 3 is 2.68 bits per heavy atom. The molecule has 4 aromatic rings. The number of aromatic amines is 1. The monoisotopic (exact) mass is 507 g/mol. The van der Waals surface area contributed by atoms with E-state index in [1.54, 1.807) is 18.8 Å². The van der Waals surface area contributed by atoms with Gasteiger partial charge in [0.2, 0.25) is 5.16 Å². The smallest absolute Gasteiger partial charge is 0.282 e. The lowest BCUT2D eigenvalue weighted by molar-refractivity contribution is 0.145. The van der Waals surface area contributed by atoms with E-state index in [2.05, 4.69) is 37.4 Å². The molecule has 1 aromatic carbocycles. The predicted molar refractivity (Wildman–Crippen MR) is 125 cm³/mol. The highest BCUT2D eigenvalue weighted by Gasteiger charge is 2.23. The predicted octanol–water partition coefficient (Wildman–Crippen LogP) is 5.25. The van der Waals surface area contributed by atoms with Gasteiger partial charge in [0.25, 0.3) is 17.5 Å². The van der Waals surface area contributed by atoms with E-state index < -0.39 is 6.43 Å². The van der Waals surface area contributed by atoms with Crippen LogP contribution in [0.4, 0.5) is 8.78 Å². The van der Waals surface area contributed by atoms with Gasteiger partial charge in [-0.05, 0) is 37.6 Å². The Hall–Kier alpha value is -2.93. The third-order valence-corrected chi connectivity index (χ3v) is 7.14. The van der Waals surface area contributed by atoms with Crippen molar-refractivity contribution in [3.63, 3.8) is 0 Å². The SMILES string of the molecule is CCOc1ccc(-c2nc(SC(CC)CSc3nnc(-c4cn(C)nc4C(F)F)o3)n[nH]2)cc1. The van der Waals surface area contributed by atoms with Crippen LogP contribution in [0.2, 0.25) is 0 Å². The molecule has 1 atom stereocenters. The van der Waals surface area contributed by atoms with E-state index in [4.69, 9.17) is 9.15 Å². The fraction of sp³-hybridized carbons (Fsp3) is 0.381. The van der Waals surface area contributed by atoms with E-state index in [1.165, 1.54) is 22.6 Å². The van der Waals surface area contributed by atoms with Gasteiger partial charge in [-0.15, -0.1) is 15.3 Å².